The number of benzene rings is 7. The molecule has 5 heterocycles. The van der Waals surface area contributed by atoms with E-state index in [4.69, 9.17) is 0 Å². The molecule has 79 heavy (non-hydrogen) atoms. The number of anilines is 6. The zero-order valence-electron chi connectivity index (χ0n) is 50.7. The predicted molar refractivity (Wildman–Crippen MR) is 343 cm³/mol. The Labute approximate surface area is 478 Å². The van der Waals surface area contributed by atoms with Gasteiger partial charge in [-0.25, -0.2) is 0 Å². The highest BCUT2D eigenvalue weighted by molar-refractivity contribution is 7.26. The maximum absolute atomic E-state index is 2.83. The molecule has 8 aromatic rings. The van der Waals surface area contributed by atoms with Gasteiger partial charge >= 0.3 is 0 Å². The minimum absolute atomic E-state index is 0.00366. The van der Waals surface area contributed by atoms with Crippen LogP contribution in [0.25, 0.3) is 32.3 Å². The first kappa shape index (κ1) is 51.3. The van der Waals surface area contributed by atoms with Crippen LogP contribution in [0, 0.1) is 0 Å². The van der Waals surface area contributed by atoms with Crippen LogP contribution < -0.4 is 26.2 Å². The van der Waals surface area contributed by atoms with Crippen molar-refractivity contribution in [2.75, 3.05) is 9.80 Å². The smallest absolute Gasteiger partial charge is 0.254 e. The van der Waals surface area contributed by atoms with Crippen LogP contribution in [-0.2, 0) is 43.3 Å². The molecule has 0 N–H and O–H groups in total. The van der Waals surface area contributed by atoms with Crippen molar-refractivity contribution < 1.29 is 0 Å². The van der Waals surface area contributed by atoms with Gasteiger partial charge in [-0.1, -0.05) is 184 Å². The molecule has 0 atom stereocenters. The summed E-state index contributed by atoms with van der Waals surface area (Å²) < 4.78 is 1.41. The van der Waals surface area contributed by atoms with Gasteiger partial charge in [0.25, 0.3) is 6.71 Å². The lowest BCUT2D eigenvalue weighted by atomic mass is 9.33. The number of hydrogen-bond donors (Lipinski definition) is 0. The van der Waals surface area contributed by atoms with Crippen molar-refractivity contribution in [3.05, 3.63) is 171 Å². The second-order valence-electron chi connectivity index (χ2n) is 31.0. The minimum atomic E-state index is -0.326. The summed E-state index contributed by atoms with van der Waals surface area (Å²) >= 11 is 2.06. The summed E-state index contributed by atoms with van der Waals surface area (Å²) in [6, 6.07) is 50.1. The lowest BCUT2D eigenvalue weighted by Crippen LogP contribution is -2.61. The van der Waals surface area contributed by atoms with E-state index < -0.39 is 0 Å². The summed E-state index contributed by atoms with van der Waals surface area (Å²) in [4.78, 5) is 5.62. The van der Waals surface area contributed by atoms with Gasteiger partial charge in [-0.2, -0.15) is 0 Å². The molecule has 0 unspecified atom stereocenters. The van der Waals surface area contributed by atoms with Crippen LogP contribution in [-0.4, -0.2) is 6.71 Å². The van der Waals surface area contributed by atoms with Gasteiger partial charge in [0.05, 0.1) is 10.7 Å². The van der Waals surface area contributed by atoms with E-state index >= 15 is 0 Å². The third kappa shape index (κ3) is 7.33. The van der Waals surface area contributed by atoms with Gasteiger partial charge in [0.2, 0.25) is 0 Å². The molecule has 4 aliphatic heterocycles. The monoisotopic (exact) mass is 1050 g/mol. The Morgan fingerprint density at radius 3 is 1.49 bits per heavy atom. The summed E-state index contributed by atoms with van der Waals surface area (Å²) in [7, 11) is 0. The standard InChI is InChI=1S/C75H83BN2S/c1-68(2,3)47-35-50(44-21-19-18-20-22-44)66-51(36-47)45-23-25-46(26-24-45)75(16,17)48-37-61-65-62(38-48)78(66)60-42-57-56(72(10,11)32-33-73(57,12)13)41-59(60)76(65)64-52-40-55-58(74(14,15)34-31-71(55,8)9)43-63(52)79-67(64)77(61)49-27-28-53-54(39-49)70(6,7)30-29-69(53,4)5/h18-28,35-43H,29-34H2,1-17H3. The number of rotatable bonds is 2. The van der Waals surface area contributed by atoms with Gasteiger partial charge in [0.1, 0.15) is 0 Å². The van der Waals surface area contributed by atoms with Crippen molar-refractivity contribution in [1.82, 2.24) is 0 Å². The third-order valence-electron chi connectivity index (χ3n) is 21.6. The van der Waals surface area contributed by atoms with Crippen LogP contribution in [0.4, 0.5) is 33.4 Å². The van der Waals surface area contributed by atoms with E-state index in [0.717, 1.165) is 12.8 Å². The quantitative estimate of drug-likeness (QED) is 0.159. The molecule has 0 radical (unpaired) electrons. The van der Waals surface area contributed by atoms with Crippen LogP contribution in [0.1, 0.15) is 206 Å². The molecule has 402 valence electrons. The molecule has 0 fully saturated rings. The summed E-state index contributed by atoms with van der Waals surface area (Å²) in [6.45, 7) is 42.2. The van der Waals surface area contributed by atoms with Gasteiger partial charge in [-0.05, 0) is 214 Å². The first-order valence-corrected chi connectivity index (χ1v) is 30.9. The van der Waals surface area contributed by atoms with Gasteiger partial charge in [-0.15, -0.1) is 11.3 Å². The molecular weight excluding hydrogens is 972 g/mol. The van der Waals surface area contributed by atoms with Crippen molar-refractivity contribution in [3.63, 3.8) is 0 Å². The molecule has 15 rings (SSSR count). The molecule has 1 aromatic heterocycles. The Balaban J connectivity index is 1.20. The van der Waals surface area contributed by atoms with Crippen molar-refractivity contribution in [3.8, 4) is 22.3 Å². The van der Waals surface area contributed by atoms with Gasteiger partial charge in [0.15, 0.2) is 0 Å². The van der Waals surface area contributed by atoms with Crippen LogP contribution in [0.2, 0.25) is 0 Å². The van der Waals surface area contributed by atoms with Gasteiger partial charge in [0, 0.05) is 44.0 Å². The van der Waals surface area contributed by atoms with E-state index in [0.29, 0.717) is 0 Å². The Morgan fingerprint density at radius 2 is 0.924 bits per heavy atom. The molecule has 0 spiro atoms. The molecule has 2 nitrogen and oxygen atoms in total. The number of fused-ring (bicyclic) bond motifs is 11. The summed E-state index contributed by atoms with van der Waals surface area (Å²) in [5.74, 6) is 0. The molecule has 0 saturated carbocycles. The Morgan fingerprint density at radius 1 is 0.430 bits per heavy atom. The molecule has 4 bridgehead atoms. The average Bonchev–Trinajstić information content (AvgIpc) is 2.63. The van der Waals surface area contributed by atoms with E-state index in [1.54, 1.807) is 0 Å². The molecule has 0 saturated heterocycles. The second-order valence-corrected chi connectivity index (χ2v) is 32.0. The summed E-state index contributed by atoms with van der Waals surface area (Å²) in [6.07, 6.45) is 7.06. The molecular formula is C75H83BN2S. The van der Waals surface area contributed by atoms with E-state index in [1.165, 1.54) is 158 Å². The van der Waals surface area contributed by atoms with Crippen LogP contribution >= 0.6 is 11.3 Å². The van der Waals surface area contributed by atoms with E-state index in [9.17, 15) is 0 Å². The van der Waals surface area contributed by atoms with E-state index in [-0.39, 0.29) is 50.0 Å². The van der Waals surface area contributed by atoms with Crippen LogP contribution in [0.5, 0.6) is 0 Å². The number of thiophene rings is 1. The first-order valence-electron chi connectivity index (χ1n) is 30.1. The largest absolute Gasteiger partial charge is 0.310 e. The lowest BCUT2D eigenvalue weighted by molar-refractivity contribution is 0.332. The fourth-order valence-corrected chi connectivity index (χ4v) is 17.1. The van der Waals surface area contributed by atoms with E-state index in [2.05, 4.69) is 260 Å². The number of nitrogens with zero attached hydrogens (tertiary/aromatic N) is 2. The van der Waals surface area contributed by atoms with Crippen LogP contribution in [0.15, 0.2) is 121 Å². The average molecular weight is 1060 g/mol. The number of hydrogen-bond acceptors (Lipinski definition) is 3. The van der Waals surface area contributed by atoms with Gasteiger partial charge < -0.3 is 9.80 Å². The highest BCUT2D eigenvalue weighted by atomic mass is 32.1. The normalized spacial score (nSPS) is 20.5. The van der Waals surface area contributed by atoms with Crippen molar-refractivity contribution in [2.24, 2.45) is 0 Å². The van der Waals surface area contributed by atoms with Crippen molar-refractivity contribution in [2.45, 2.75) is 200 Å². The molecule has 4 heteroatoms. The second kappa shape index (κ2) is 16.2. The highest BCUT2D eigenvalue weighted by Crippen LogP contribution is 2.58. The molecule has 0 amide bonds. The fourth-order valence-electron chi connectivity index (χ4n) is 15.8. The van der Waals surface area contributed by atoms with Crippen LogP contribution in [0.3, 0.4) is 0 Å². The first-order chi connectivity index (χ1) is 37.0. The van der Waals surface area contributed by atoms with Crippen molar-refractivity contribution in [1.29, 1.82) is 0 Å². The Kier molecular flexibility index (Phi) is 10.5. The predicted octanol–water partition coefficient (Wildman–Crippen LogP) is 19.3. The maximum Gasteiger partial charge on any atom is 0.254 e. The highest BCUT2D eigenvalue weighted by Gasteiger charge is 2.51. The zero-order valence-corrected chi connectivity index (χ0v) is 51.5. The topological polar surface area (TPSA) is 6.48 Å². The third-order valence-corrected chi connectivity index (χ3v) is 22.8. The Hall–Kier alpha value is -5.84. The molecule has 7 aromatic carbocycles. The summed E-state index contributed by atoms with van der Waals surface area (Å²) in [5, 5.41) is 2.82. The minimum Gasteiger partial charge on any atom is -0.310 e. The molecule has 7 aliphatic rings. The maximum atomic E-state index is 2.83. The lowest BCUT2D eigenvalue weighted by Gasteiger charge is -2.48. The van der Waals surface area contributed by atoms with E-state index in [1.807, 2.05) is 0 Å². The summed E-state index contributed by atoms with van der Waals surface area (Å²) in [5.41, 5.74) is 28.9. The van der Waals surface area contributed by atoms with Crippen molar-refractivity contribution >= 4 is 78.0 Å². The fraction of sp³-hybridized carbons (Fsp3) is 0.413. The zero-order chi connectivity index (χ0) is 55.7. The Bertz CT molecular complexity index is 3920. The van der Waals surface area contributed by atoms with Gasteiger partial charge in [-0.3, -0.25) is 0 Å². The molecule has 3 aliphatic carbocycles. The SMILES string of the molecule is CC(C)(C)c1cc(-c2ccccc2)c2c(c1)-c1ccc(cc1)C(C)(C)c1cc3c4c(c1)N2c1cc2c(cc1B4c1c(sc4cc5c(cc14)C(C)(C)CCC5(C)C)N3c1ccc3c(c1)C(C)(C)CCC3(C)C)C(C)(C)CCC2(C)C.